The average Bonchev–Trinajstić information content (AvgIpc) is 2.99. The van der Waals surface area contributed by atoms with Gasteiger partial charge in [0.1, 0.15) is 10.0 Å². The van der Waals surface area contributed by atoms with Crippen LogP contribution in [0.1, 0.15) is 12.8 Å². The first-order valence-corrected chi connectivity index (χ1v) is 5.63. The molecule has 94 valence electrons. The molecule has 1 aliphatic rings. The molecule has 0 spiro atoms. The van der Waals surface area contributed by atoms with Crippen molar-refractivity contribution < 1.29 is 13.2 Å². The first-order valence-electron chi connectivity index (χ1n) is 4.83. The number of nitrogens with zero attached hydrogens (tertiary/aromatic N) is 2. The normalized spacial score (nSPS) is 17.9. The van der Waals surface area contributed by atoms with E-state index in [9.17, 15) is 18.0 Å². The molecular formula is C9H9BrF3N3O. The van der Waals surface area contributed by atoms with Crippen molar-refractivity contribution in [3.8, 4) is 0 Å². The van der Waals surface area contributed by atoms with Gasteiger partial charge in [0.2, 0.25) is 0 Å². The van der Waals surface area contributed by atoms with Crippen LogP contribution in [0.5, 0.6) is 0 Å². The van der Waals surface area contributed by atoms with Crippen molar-refractivity contribution in [3.05, 3.63) is 21.0 Å². The predicted molar refractivity (Wildman–Crippen MR) is 58.8 cm³/mol. The summed E-state index contributed by atoms with van der Waals surface area (Å²) in [4.78, 5) is 11.5. The maximum Gasteiger partial charge on any atom is 0.411 e. The summed E-state index contributed by atoms with van der Waals surface area (Å²) in [6, 6.07) is 0. The van der Waals surface area contributed by atoms with Crippen LogP contribution in [0.25, 0.3) is 0 Å². The molecule has 0 amide bonds. The third kappa shape index (κ3) is 2.05. The summed E-state index contributed by atoms with van der Waals surface area (Å²) in [6.45, 7) is 0. The molecule has 0 unspecified atom stereocenters. The Bertz CT molecular complexity index is 507. The van der Waals surface area contributed by atoms with Crippen LogP contribution in [-0.2, 0) is 7.05 Å². The molecule has 2 rings (SSSR count). The number of anilines is 1. The fraction of sp³-hybridized carbons (Fsp3) is 0.556. The van der Waals surface area contributed by atoms with E-state index in [1.807, 2.05) is 0 Å². The van der Waals surface area contributed by atoms with E-state index in [1.165, 1.54) is 13.2 Å². The molecule has 1 saturated carbocycles. The Labute approximate surface area is 103 Å². The summed E-state index contributed by atoms with van der Waals surface area (Å²) < 4.78 is 39.2. The van der Waals surface area contributed by atoms with Crippen LogP contribution in [0.15, 0.2) is 15.5 Å². The lowest BCUT2D eigenvalue weighted by Crippen LogP contribution is -2.39. The zero-order valence-corrected chi connectivity index (χ0v) is 10.4. The van der Waals surface area contributed by atoms with Crippen LogP contribution < -0.4 is 10.9 Å². The number of halogens is 4. The minimum absolute atomic E-state index is 0.0121. The predicted octanol–water partition coefficient (Wildman–Crippen LogP) is 2.05. The molecule has 0 aliphatic heterocycles. The number of hydrogen-bond donors (Lipinski definition) is 1. The molecule has 0 radical (unpaired) electrons. The first-order chi connectivity index (χ1) is 7.77. The smallest absolute Gasteiger partial charge is 0.369 e. The Morgan fingerprint density at radius 2 is 2.12 bits per heavy atom. The number of nitrogens with one attached hydrogen (secondary N) is 1. The van der Waals surface area contributed by atoms with Crippen LogP contribution in [0.2, 0.25) is 0 Å². The molecule has 1 N–H and O–H groups in total. The molecule has 4 nitrogen and oxygen atoms in total. The van der Waals surface area contributed by atoms with E-state index in [-0.39, 0.29) is 23.0 Å². The lowest BCUT2D eigenvalue weighted by atomic mass is 10.2. The second kappa shape index (κ2) is 3.72. The number of aromatic nitrogens is 2. The Kier molecular flexibility index (Phi) is 2.72. The van der Waals surface area contributed by atoms with Crippen LogP contribution in [0, 0.1) is 0 Å². The lowest BCUT2D eigenvalue weighted by molar-refractivity contribution is -0.151. The van der Waals surface area contributed by atoms with Gasteiger partial charge in [-0.1, -0.05) is 0 Å². The van der Waals surface area contributed by atoms with Crippen LogP contribution in [0.3, 0.4) is 0 Å². The zero-order valence-electron chi connectivity index (χ0n) is 8.81. The lowest BCUT2D eigenvalue weighted by Gasteiger charge is -2.22. The van der Waals surface area contributed by atoms with E-state index in [4.69, 9.17) is 0 Å². The van der Waals surface area contributed by atoms with E-state index in [0.717, 1.165) is 4.68 Å². The number of rotatable bonds is 2. The molecule has 1 aromatic rings. The topological polar surface area (TPSA) is 46.9 Å². The summed E-state index contributed by atoms with van der Waals surface area (Å²) >= 11 is 2.98. The SMILES string of the molecule is Cn1ncc(NC2(C(F)(F)F)CC2)c(Br)c1=O. The van der Waals surface area contributed by atoms with E-state index in [1.54, 1.807) is 0 Å². The summed E-state index contributed by atoms with van der Waals surface area (Å²) in [5.41, 5.74) is -2.31. The highest BCUT2D eigenvalue weighted by atomic mass is 79.9. The standard InChI is InChI=1S/C9H9BrF3N3O/c1-16-7(17)6(10)5(4-14-16)15-8(2-3-8)9(11,12)13/h4,15H,2-3H2,1H3. The Morgan fingerprint density at radius 3 is 2.59 bits per heavy atom. The van der Waals surface area contributed by atoms with Gasteiger partial charge in [0.05, 0.1) is 11.9 Å². The molecule has 0 aromatic carbocycles. The molecule has 1 fully saturated rings. The van der Waals surface area contributed by atoms with Gasteiger partial charge in [0.25, 0.3) is 5.56 Å². The molecule has 1 aliphatic carbocycles. The van der Waals surface area contributed by atoms with Gasteiger partial charge in [0.15, 0.2) is 0 Å². The van der Waals surface area contributed by atoms with Crippen molar-refractivity contribution in [2.75, 3.05) is 5.32 Å². The van der Waals surface area contributed by atoms with Crippen molar-refractivity contribution in [2.24, 2.45) is 7.05 Å². The van der Waals surface area contributed by atoms with Crippen molar-refractivity contribution in [1.29, 1.82) is 0 Å². The third-order valence-electron chi connectivity index (χ3n) is 2.74. The van der Waals surface area contributed by atoms with Gasteiger partial charge in [0, 0.05) is 7.05 Å². The summed E-state index contributed by atoms with van der Waals surface area (Å²) in [6.07, 6.45) is -3.10. The summed E-state index contributed by atoms with van der Waals surface area (Å²) in [7, 11) is 1.42. The van der Waals surface area contributed by atoms with Crippen molar-refractivity contribution in [1.82, 2.24) is 9.78 Å². The third-order valence-corrected chi connectivity index (χ3v) is 3.51. The fourth-order valence-corrected chi connectivity index (χ4v) is 1.92. The van der Waals surface area contributed by atoms with Crippen LogP contribution >= 0.6 is 15.9 Å². The highest BCUT2D eigenvalue weighted by Gasteiger charge is 2.63. The second-order valence-electron chi connectivity index (χ2n) is 4.01. The highest BCUT2D eigenvalue weighted by Crippen LogP contribution is 2.51. The van der Waals surface area contributed by atoms with Gasteiger partial charge < -0.3 is 5.32 Å². The van der Waals surface area contributed by atoms with Gasteiger partial charge in [-0.3, -0.25) is 4.79 Å². The second-order valence-corrected chi connectivity index (χ2v) is 4.80. The Hall–Kier alpha value is -1.05. The first kappa shape index (κ1) is 12.4. The minimum atomic E-state index is -4.33. The van der Waals surface area contributed by atoms with Crippen molar-refractivity contribution in [3.63, 3.8) is 0 Å². The fourth-order valence-electron chi connectivity index (χ4n) is 1.46. The molecule has 1 heterocycles. The molecule has 1 aromatic heterocycles. The maximum atomic E-state index is 12.7. The van der Waals surface area contributed by atoms with Gasteiger partial charge in [-0.15, -0.1) is 0 Å². The van der Waals surface area contributed by atoms with E-state index >= 15 is 0 Å². The van der Waals surface area contributed by atoms with Crippen molar-refractivity contribution in [2.45, 2.75) is 24.6 Å². The maximum absolute atomic E-state index is 12.7. The monoisotopic (exact) mass is 311 g/mol. The molecular weight excluding hydrogens is 303 g/mol. The van der Waals surface area contributed by atoms with E-state index in [2.05, 4.69) is 26.3 Å². The van der Waals surface area contributed by atoms with Crippen LogP contribution in [-0.4, -0.2) is 21.5 Å². The van der Waals surface area contributed by atoms with Crippen LogP contribution in [0.4, 0.5) is 18.9 Å². The van der Waals surface area contributed by atoms with Gasteiger partial charge in [-0.2, -0.15) is 18.3 Å². The van der Waals surface area contributed by atoms with E-state index < -0.39 is 17.3 Å². The van der Waals surface area contributed by atoms with E-state index in [0.29, 0.717) is 0 Å². The van der Waals surface area contributed by atoms with Crippen molar-refractivity contribution >= 4 is 21.6 Å². The quantitative estimate of drug-likeness (QED) is 0.909. The highest BCUT2D eigenvalue weighted by molar-refractivity contribution is 9.10. The Balaban J connectivity index is 2.33. The van der Waals surface area contributed by atoms with Gasteiger partial charge in [-0.05, 0) is 28.8 Å². The number of aryl methyl sites for hydroxylation is 1. The number of alkyl halides is 3. The molecule has 0 bridgehead atoms. The molecule has 17 heavy (non-hydrogen) atoms. The largest absolute Gasteiger partial charge is 0.411 e. The Morgan fingerprint density at radius 1 is 1.53 bits per heavy atom. The number of hydrogen-bond acceptors (Lipinski definition) is 3. The molecule has 0 atom stereocenters. The molecule has 8 heteroatoms. The molecule has 0 saturated heterocycles. The minimum Gasteiger partial charge on any atom is -0.369 e. The van der Waals surface area contributed by atoms with Gasteiger partial charge in [-0.25, -0.2) is 4.68 Å². The zero-order chi connectivity index (χ0) is 12.8. The summed E-state index contributed by atoms with van der Waals surface area (Å²) in [5, 5.41) is 6.04. The average molecular weight is 312 g/mol. The van der Waals surface area contributed by atoms with Gasteiger partial charge >= 0.3 is 6.18 Å². The summed E-state index contributed by atoms with van der Waals surface area (Å²) in [5.74, 6) is 0.